The van der Waals surface area contributed by atoms with Crippen molar-refractivity contribution in [3.05, 3.63) is 32.9 Å². The molecule has 0 amide bonds. The van der Waals surface area contributed by atoms with Gasteiger partial charge in [-0.05, 0) is 5.18 Å². The molecule has 1 heterocycles. The molecule has 0 bridgehead atoms. The molecule has 1 N–H and O–H groups in total. The maximum Gasteiger partial charge on any atom is 0.244 e. The number of aromatic nitrogens is 1. The highest BCUT2D eigenvalue weighted by Crippen LogP contribution is 2.23. The summed E-state index contributed by atoms with van der Waals surface area (Å²) in [6, 6.07) is 0. The number of rotatable bonds is 1. The summed E-state index contributed by atoms with van der Waals surface area (Å²) >= 11 is 11.3. The highest BCUT2D eigenvalue weighted by Gasteiger charge is 2.14. The summed E-state index contributed by atoms with van der Waals surface area (Å²) < 4.78 is 0. The molecule has 0 atom stereocenters. The van der Waals surface area contributed by atoms with Crippen LogP contribution in [-0.4, -0.2) is 16.0 Å². The van der Waals surface area contributed by atoms with Crippen LogP contribution < -0.4 is 0 Å². The van der Waals surface area contributed by atoms with Crippen LogP contribution in [0.25, 0.3) is 0 Å². The molecule has 68 valence electrons. The Morgan fingerprint density at radius 1 is 1.38 bits per heavy atom. The molecule has 0 aliphatic carbocycles. The lowest BCUT2D eigenvalue weighted by Gasteiger charge is -2.00. The first-order valence-electron chi connectivity index (χ1n) is 3.05. The average molecular weight is 220 g/mol. The van der Waals surface area contributed by atoms with Crippen LogP contribution >= 0.6 is 23.2 Å². The number of pyridine rings is 1. The van der Waals surface area contributed by atoms with Crippen LogP contribution in [0.2, 0.25) is 10.0 Å². The maximum absolute atomic E-state index is 10.2. The molecule has 0 fully saturated rings. The second-order valence-electron chi connectivity index (χ2n) is 1.99. The minimum atomic E-state index is -0.475. The standard InChI is InChI=1S/C6H3Cl2N3O2/c7-3-1-9-2-4(8)5(3)6(10-12)11-13/h1-2,12H. The predicted molar refractivity (Wildman–Crippen MR) is 48.4 cm³/mol. The molecular weight excluding hydrogens is 217 g/mol. The third kappa shape index (κ3) is 1.93. The van der Waals surface area contributed by atoms with Crippen LogP contribution in [0, 0.1) is 4.91 Å². The fourth-order valence-corrected chi connectivity index (χ4v) is 1.27. The molecule has 0 aliphatic rings. The van der Waals surface area contributed by atoms with Gasteiger partial charge >= 0.3 is 0 Å². The van der Waals surface area contributed by atoms with Crippen molar-refractivity contribution in [2.45, 2.75) is 0 Å². The van der Waals surface area contributed by atoms with Gasteiger partial charge < -0.3 is 5.21 Å². The molecule has 0 radical (unpaired) electrons. The Labute approximate surface area is 83.0 Å². The molecule has 0 saturated heterocycles. The van der Waals surface area contributed by atoms with Gasteiger partial charge in [0.2, 0.25) is 5.84 Å². The first-order valence-corrected chi connectivity index (χ1v) is 3.81. The Kier molecular flexibility index (Phi) is 3.16. The Hall–Kier alpha value is -1.20. The Balaban J connectivity index is 3.35. The number of halogens is 2. The van der Waals surface area contributed by atoms with Crippen molar-refractivity contribution in [1.82, 2.24) is 4.98 Å². The zero-order valence-corrected chi connectivity index (χ0v) is 7.62. The Bertz CT molecular complexity index is 347. The lowest BCUT2D eigenvalue weighted by molar-refractivity contribution is 0.318. The van der Waals surface area contributed by atoms with E-state index in [4.69, 9.17) is 28.4 Å². The van der Waals surface area contributed by atoms with Crippen molar-refractivity contribution in [1.29, 1.82) is 0 Å². The molecule has 1 rings (SSSR count). The van der Waals surface area contributed by atoms with Crippen LogP contribution in [-0.2, 0) is 0 Å². The van der Waals surface area contributed by atoms with Gasteiger partial charge in [0.05, 0.1) is 15.6 Å². The zero-order valence-electron chi connectivity index (χ0n) is 6.11. The largest absolute Gasteiger partial charge is 0.409 e. The highest BCUT2D eigenvalue weighted by atomic mass is 35.5. The third-order valence-electron chi connectivity index (χ3n) is 1.26. The van der Waals surface area contributed by atoms with Gasteiger partial charge in [-0.3, -0.25) is 4.98 Å². The van der Waals surface area contributed by atoms with Crippen LogP contribution in [0.15, 0.2) is 22.7 Å². The topological polar surface area (TPSA) is 74.9 Å². The molecule has 5 nitrogen and oxygen atoms in total. The normalized spacial score (nSPS) is 11.4. The molecule has 13 heavy (non-hydrogen) atoms. The van der Waals surface area contributed by atoms with E-state index in [1.807, 2.05) is 0 Å². The average Bonchev–Trinajstić information content (AvgIpc) is 2.11. The SMILES string of the molecule is O=NC(=NO)c1c(Cl)cncc1Cl. The molecule has 0 saturated carbocycles. The first kappa shape index (κ1) is 9.88. The molecule has 1 aromatic rings. The zero-order chi connectivity index (χ0) is 9.84. The second kappa shape index (κ2) is 4.15. The predicted octanol–water partition coefficient (Wildman–Crippen LogP) is 2.29. The van der Waals surface area contributed by atoms with E-state index < -0.39 is 5.84 Å². The maximum atomic E-state index is 10.2. The van der Waals surface area contributed by atoms with Gasteiger partial charge in [0.25, 0.3) is 0 Å². The lowest BCUT2D eigenvalue weighted by Crippen LogP contribution is -1.99. The van der Waals surface area contributed by atoms with Crippen molar-refractivity contribution in [3.63, 3.8) is 0 Å². The lowest BCUT2D eigenvalue weighted by atomic mass is 10.2. The van der Waals surface area contributed by atoms with Crippen molar-refractivity contribution in [2.24, 2.45) is 10.3 Å². The number of nitrogens with zero attached hydrogens (tertiary/aromatic N) is 3. The van der Waals surface area contributed by atoms with E-state index in [2.05, 4.69) is 15.3 Å². The molecule has 0 aliphatic heterocycles. The number of nitroso groups, excluding NO2 is 1. The molecule has 1 aromatic heterocycles. The van der Waals surface area contributed by atoms with E-state index in [9.17, 15) is 4.91 Å². The Morgan fingerprint density at radius 3 is 2.31 bits per heavy atom. The van der Waals surface area contributed by atoms with Crippen LogP contribution in [0.5, 0.6) is 0 Å². The van der Waals surface area contributed by atoms with E-state index in [1.165, 1.54) is 12.4 Å². The van der Waals surface area contributed by atoms with Crippen molar-refractivity contribution < 1.29 is 5.21 Å². The van der Waals surface area contributed by atoms with E-state index in [0.717, 1.165) is 0 Å². The summed E-state index contributed by atoms with van der Waals surface area (Å²) in [7, 11) is 0. The fourth-order valence-electron chi connectivity index (χ4n) is 0.739. The quantitative estimate of drug-likeness (QED) is 0.259. The molecule has 0 spiro atoms. The summed E-state index contributed by atoms with van der Waals surface area (Å²) in [5, 5.41) is 13.7. The van der Waals surface area contributed by atoms with Crippen LogP contribution in [0.3, 0.4) is 0 Å². The highest BCUT2D eigenvalue weighted by molar-refractivity contribution is 6.39. The summed E-state index contributed by atoms with van der Waals surface area (Å²) in [5.41, 5.74) is 0.0656. The smallest absolute Gasteiger partial charge is 0.244 e. The molecule has 0 aromatic carbocycles. The monoisotopic (exact) mass is 219 g/mol. The minimum absolute atomic E-state index is 0.0656. The second-order valence-corrected chi connectivity index (χ2v) is 2.81. The number of amidine groups is 1. The molecule has 0 unspecified atom stereocenters. The van der Waals surface area contributed by atoms with E-state index in [-0.39, 0.29) is 15.6 Å². The number of hydrogen-bond acceptors (Lipinski definition) is 4. The van der Waals surface area contributed by atoms with E-state index >= 15 is 0 Å². The van der Waals surface area contributed by atoms with Gasteiger partial charge in [-0.1, -0.05) is 28.4 Å². The van der Waals surface area contributed by atoms with Gasteiger partial charge in [0, 0.05) is 12.4 Å². The fraction of sp³-hybridized carbons (Fsp3) is 0. The van der Waals surface area contributed by atoms with Crippen molar-refractivity contribution >= 4 is 29.0 Å². The van der Waals surface area contributed by atoms with E-state index in [0.29, 0.717) is 0 Å². The molecular formula is C6H3Cl2N3O2. The Morgan fingerprint density at radius 2 is 1.92 bits per heavy atom. The minimum Gasteiger partial charge on any atom is -0.409 e. The van der Waals surface area contributed by atoms with Gasteiger partial charge in [0.1, 0.15) is 0 Å². The summed E-state index contributed by atoms with van der Waals surface area (Å²) in [4.78, 5) is 13.8. The summed E-state index contributed by atoms with van der Waals surface area (Å²) in [5.74, 6) is -0.475. The van der Waals surface area contributed by atoms with Crippen LogP contribution in [0.4, 0.5) is 0 Å². The van der Waals surface area contributed by atoms with Crippen molar-refractivity contribution in [3.8, 4) is 0 Å². The summed E-state index contributed by atoms with van der Waals surface area (Å²) in [6.45, 7) is 0. The number of hydrogen-bond donors (Lipinski definition) is 1. The third-order valence-corrected chi connectivity index (χ3v) is 1.83. The first-order chi connectivity index (χ1) is 6.20. The van der Waals surface area contributed by atoms with Gasteiger partial charge in [-0.2, -0.15) is 0 Å². The number of oxime groups is 1. The van der Waals surface area contributed by atoms with Gasteiger partial charge in [-0.25, -0.2) is 0 Å². The van der Waals surface area contributed by atoms with E-state index in [1.54, 1.807) is 0 Å². The van der Waals surface area contributed by atoms with Gasteiger partial charge in [-0.15, -0.1) is 4.91 Å². The van der Waals surface area contributed by atoms with Crippen molar-refractivity contribution in [2.75, 3.05) is 0 Å². The summed E-state index contributed by atoms with van der Waals surface area (Å²) in [6.07, 6.45) is 2.53. The van der Waals surface area contributed by atoms with Gasteiger partial charge in [0.15, 0.2) is 0 Å². The van der Waals surface area contributed by atoms with Crippen LogP contribution in [0.1, 0.15) is 5.56 Å². The molecule has 7 heteroatoms.